The van der Waals surface area contributed by atoms with Crippen LogP contribution in [0.2, 0.25) is 5.02 Å². The van der Waals surface area contributed by atoms with E-state index < -0.39 is 15.9 Å². The van der Waals surface area contributed by atoms with Crippen LogP contribution in [0.25, 0.3) is 0 Å². The zero-order valence-corrected chi connectivity index (χ0v) is 16.7. The van der Waals surface area contributed by atoms with Gasteiger partial charge < -0.3 is 0 Å². The number of carbonyl (C=O) groups is 1. The van der Waals surface area contributed by atoms with E-state index >= 15 is 0 Å². The van der Waals surface area contributed by atoms with Gasteiger partial charge in [-0.25, -0.2) is 8.42 Å². The van der Waals surface area contributed by atoms with Crippen LogP contribution in [0.15, 0.2) is 46.8 Å². The first-order chi connectivity index (χ1) is 12.8. The van der Waals surface area contributed by atoms with Crippen molar-refractivity contribution in [3.8, 4) is 0 Å². The summed E-state index contributed by atoms with van der Waals surface area (Å²) in [7, 11) is -3.89. The number of anilines is 2. The summed E-state index contributed by atoms with van der Waals surface area (Å²) < 4.78 is 27.9. The van der Waals surface area contributed by atoms with Gasteiger partial charge in [0.25, 0.3) is 15.9 Å². The van der Waals surface area contributed by atoms with Gasteiger partial charge in [0, 0.05) is 5.69 Å². The van der Waals surface area contributed by atoms with Crippen LogP contribution in [-0.2, 0) is 10.0 Å². The van der Waals surface area contributed by atoms with Gasteiger partial charge in [-0.05, 0) is 55.3 Å². The van der Waals surface area contributed by atoms with Crippen molar-refractivity contribution in [1.29, 1.82) is 0 Å². The number of amides is 1. The zero-order chi connectivity index (χ0) is 19.6. The van der Waals surface area contributed by atoms with E-state index in [2.05, 4.69) is 20.2 Å². The SMILES string of the molecule is Cc1ccc(NS(=O)(=O)c2ccc(Cl)c(C(=O)Nc3nncs3)c2)cc1C. The van der Waals surface area contributed by atoms with Gasteiger partial charge in [-0.2, -0.15) is 0 Å². The molecule has 0 aliphatic heterocycles. The average Bonchev–Trinajstić information content (AvgIpc) is 3.11. The molecule has 1 aromatic heterocycles. The number of aromatic nitrogens is 2. The van der Waals surface area contributed by atoms with Crippen LogP contribution in [0.1, 0.15) is 21.5 Å². The van der Waals surface area contributed by atoms with Crippen LogP contribution >= 0.6 is 22.9 Å². The summed E-state index contributed by atoms with van der Waals surface area (Å²) in [5.74, 6) is -0.569. The number of aryl methyl sites for hydroxylation is 2. The maximum atomic E-state index is 12.7. The summed E-state index contributed by atoms with van der Waals surface area (Å²) in [6.07, 6.45) is 0. The highest BCUT2D eigenvalue weighted by molar-refractivity contribution is 7.92. The molecule has 10 heteroatoms. The third-order valence-corrected chi connectivity index (χ3v) is 6.15. The zero-order valence-electron chi connectivity index (χ0n) is 14.4. The Morgan fingerprint density at radius 3 is 2.56 bits per heavy atom. The van der Waals surface area contributed by atoms with Crippen molar-refractivity contribution >= 4 is 49.7 Å². The number of benzene rings is 2. The van der Waals surface area contributed by atoms with E-state index in [1.54, 1.807) is 12.1 Å². The van der Waals surface area contributed by atoms with E-state index in [9.17, 15) is 13.2 Å². The maximum Gasteiger partial charge on any atom is 0.261 e. The molecule has 0 spiro atoms. The quantitative estimate of drug-likeness (QED) is 0.650. The minimum Gasteiger partial charge on any atom is -0.296 e. The van der Waals surface area contributed by atoms with Gasteiger partial charge in [-0.3, -0.25) is 14.8 Å². The molecule has 0 radical (unpaired) electrons. The number of nitrogens with one attached hydrogen (secondary N) is 2. The second-order valence-corrected chi connectivity index (χ2v) is 8.67. The van der Waals surface area contributed by atoms with Gasteiger partial charge in [0.2, 0.25) is 5.13 Å². The molecule has 7 nitrogen and oxygen atoms in total. The lowest BCUT2D eigenvalue weighted by atomic mass is 10.1. The second kappa shape index (κ2) is 7.63. The normalized spacial score (nSPS) is 11.2. The molecule has 0 bridgehead atoms. The average molecular weight is 423 g/mol. The smallest absolute Gasteiger partial charge is 0.261 e. The molecular formula is C17H15ClN4O3S2. The molecule has 0 aliphatic carbocycles. The molecule has 0 saturated heterocycles. The second-order valence-electron chi connectivity index (χ2n) is 5.74. The van der Waals surface area contributed by atoms with E-state index in [-0.39, 0.29) is 20.6 Å². The van der Waals surface area contributed by atoms with Gasteiger partial charge in [0.05, 0.1) is 15.5 Å². The van der Waals surface area contributed by atoms with Crippen LogP contribution < -0.4 is 10.0 Å². The van der Waals surface area contributed by atoms with Gasteiger partial charge in [0.15, 0.2) is 0 Å². The van der Waals surface area contributed by atoms with Crippen molar-refractivity contribution in [2.24, 2.45) is 0 Å². The topological polar surface area (TPSA) is 101 Å². The van der Waals surface area contributed by atoms with E-state index in [4.69, 9.17) is 11.6 Å². The third kappa shape index (κ3) is 4.44. The van der Waals surface area contributed by atoms with Crippen molar-refractivity contribution in [3.05, 3.63) is 63.6 Å². The molecule has 1 heterocycles. The number of carbonyl (C=O) groups excluding carboxylic acids is 1. The molecule has 140 valence electrons. The first-order valence-electron chi connectivity index (χ1n) is 7.73. The third-order valence-electron chi connectivity index (χ3n) is 3.83. The lowest BCUT2D eigenvalue weighted by molar-refractivity contribution is 0.102. The molecule has 0 aliphatic rings. The fourth-order valence-electron chi connectivity index (χ4n) is 2.26. The molecule has 3 rings (SSSR count). The van der Waals surface area contributed by atoms with Gasteiger partial charge >= 0.3 is 0 Å². The molecule has 1 amide bonds. The predicted octanol–water partition coefficient (Wildman–Crippen LogP) is 3.86. The molecular weight excluding hydrogens is 408 g/mol. The minimum absolute atomic E-state index is 0.0230. The Morgan fingerprint density at radius 2 is 1.89 bits per heavy atom. The van der Waals surface area contributed by atoms with E-state index in [1.807, 2.05) is 19.9 Å². The first kappa shape index (κ1) is 19.3. The number of rotatable bonds is 5. The fourth-order valence-corrected chi connectivity index (χ4v) is 3.98. The van der Waals surface area contributed by atoms with Crippen molar-refractivity contribution < 1.29 is 13.2 Å². The van der Waals surface area contributed by atoms with Crippen LogP contribution in [-0.4, -0.2) is 24.5 Å². The Bertz CT molecular complexity index is 1100. The number of hydrogen-bond acceptors (Lipinski definition) is 6. The maximum absolute atomic E-state index is 12.7. The van der Waals surface area contributed by atoms with Crippen LogP contribution in [0.5, 0.6) is 0 Å². The van der Waals surface area contributed by atoms with Gasteiger partial charge in [-0.15, -0.1) is 10.2 Å². The molecule has 0 fully saturated rings. The van der Waals surface area contributed by atoms with Gasteiger partial charge in [-0.1, -0.05) is 29.0 Å². The Labute approximate surface area is 165 Å². The Morgan fingerprint density at radius 1 is 1.11 bits per heavy atom. The highest BCUT2D eigenvalue weighted by Crippen LogP contribution is 2.24. The van der Waals surface area contributed by atoms with Crippen molar-refractivity contribution in [3.63, 3.8) is 0 Å². The van der Waals surface area contributed by atoms with Crippen LogP contribution in [0.3, 0.4) is 0 Å². The summed E-state index contributed by atoms with van der Waals surface area (Å²) in [5, 5.41) is 10.3. The molecule has 0 atom stereocenters. The van der Waals surface area contributed by atoms with Crippen LogP contribution in [0.4, 0.5) is 10.8 Å². The summed E-state index contributed by atoms with van der Waals surface area (Å²) in [6.45, 7) is 3.83. The van der Waals surface area contributed by atoms with E-state index in [0.29, 0.717) is 5.69 Å². The standard InChI is InChI=1S/C17H15ClN4O3S2/c1-10-3-4-12(7-11(10)2)22-27(24,25)13-5-6-15(18)14(8-13)16(23)20-17-21-19-9-26-17/h3-9,22H,1-2H3,(H,20,21,23). The van der Waals surface area contributed by atoms with E-state index in [1.165, 1.54) is 23.7 Å². The molecule has 3 aromatic rings. The molecule has 2 aromatic carbocycles. The van der Waals surface area contributed by atoms with E-state index in [0.717, 1.165) is 22.5 Å². The summed E-state index contributed by atoms with van der Waals surface area (Å²) >= 11 is 7.21. The highest BCUT2D eigenvalue weighted by atomic mass is 35.5. The van der Waals surface area contributed by atoms with Crippen molar-refractivity contribution in [2.45, 2.75) is 18.7 Å². The molecule has 0 unspecified atom stereocenters. The van der Waals surface area contributed by atoms with Gasteiger partial charge in [0.1, 0.15) is 5.51 Å². The Balaban J connectivity index is 1.89. The van der Waals surface area contributed by atoms with Crippen molar-refractivity contribution in [1.82, 2.24) is 10.2 Å². The summed E-state index contributed by atoms with van der Waals surface area (Å²) in [5.41, 5.74) is 3.94. The first-order valence-corrected chi connectivity index (χ1v) is 10.5. The number of nitrogens with zero attached hydrogens (tertiary/aromatic N) is 2. The number of halogens is 1. The summed E-state index contributed by atoms with van der Waals surface area (Å²) in [4.78, 5) is 12.3. The largest absolute Gasteiger partial charge is 0.296 e. The Hall–Kier alpha value is -2.49. The lowest BCUT2D eigenvalue weighted by Crippen LogP contribution is -2.16. The minimum atomic E-state index is -3.89. The predicted molar refractivity (Wildman–Crippen MR) is 106 cm³/mol. The summed E-state index contributed by atoms with van der Waals surface area (Å²) in [6, 6.07) is 9.18. The van der Waals surface area contributed by atoms with Crippen LogP contribution in [0, 0.1) is 13.8 Å². The van der Waals surface area contributed by atoms with Crippen molar-refractivity contribution in [2.75, 3.05) is 10.0 Å². The number of sulfonamides is 1. The monoisotopic (exact) mass is 422 g/mol. The molecule has 27 heavy (non-hydrogen) atoms. The molecule has 2 N–H and O–H groups in total. The fraction of sp³-hybridized carbons (Fsp3) is 0.118. The molecule has 0 saturated carbocycles. The number of hydrogen-bond donors (Lipinski definition) is 2. The Kier molecular flexibility index (Phi) is 5.45. The lowest BCUT2D eigenvalue weighted by Gasteiger charge is -2.11. The highest BCUT2D eigenvalue weighted by Gasteiger charge is 2.20.